The fourth-order valence-corrected chi connectivity index (χ4v) is 3.20. The average Bonchev–Trinajstić information content (AvgIpc) is 2.90. The van der Waals surface area contributed by atoms with Crippen LogP contribution in [0.2, 0.25) is 0 Å². The van der Waals surface area contributed by atoms with E-state index < -0.39 is 0 Å². The zero-order valence-corrected chi connectivity index (χ0v) is 13.5. The molecule has 2 rings (SSSR count). The highest BCUT2D eigenvalue weighted by Crippen LogP contribution is 2.44. The first kappa shape index (κ1) is 16.0. The lowest BCUT2D eigenvalue weighted by molar-refractivity contribution is -0.132. The molecule has 3 N–H and O–H groups in total. The molecule has 5 nitrogen and oxygen atoms in total. The minimum absolute atomic E-state index is 0.00657. The number of nitrogens with one attached hydrogen (secondary N) is 1. The normalized spacial score (nSPS) is 28.3. The highest BCUT2D eigenvalue weighted by Gasteiger charge is 2.44. The molecule has 0 aliphatic heterocycles. The van der Waals surface area contributed by atoms with E-state index in [-0.39, 0.29) is 23.3 Å². The molecule has 21 heavy (non-hydrogen) atoms. The third-order valence-electron chi connectivity index (χ3n) is 5.18. The number of hydrogen-bond acceptors (Lipinski definition) is 4. The van der Waals surface area contributed by atoms with Crippen molar-refractivity contribution in [2.24, 2.45) is 23.0 Å². The van der Waals surface area contributed by atoms with E-state index in [1.54, 1.807) is 6.20 Å². The molecule has 0 radical (unpaired) electrons. The predicted octanol–water partition coefficient (Wildman–Crippen LogP) is 2.25. The first-order valence-corrected chi connectivity index (χ1v) is 7.83. The summed E-state index contributed by atoms with van der Waals surface area (Å²) in [6.07, 6.45) is 4.27. The van der Waals surface area contributed by atoms with Crippen molar-refractivity contribution in [1.29, 1.82) is 0 Å². The number of carbonyl (C=O) groups excluding carboxylic acids is 1. The number of oxazole rings is 1. The van der Waals surface area contributed by atoms with Gasteiger partial charge in [0.25, 0.3) is 0 Å². The van der Waals surface area contributed by atoms with Gasteiger partial charge in [-0.05, 0) is 24.2 Å². The van der Waals surface area contributed by atoms with Gasteiger partial charge in [0.15, 0.2) is 0 Å². The van der Waals surface area contributed by atoms with E-state index in [1.807, 2.05) is 6.92 Å². The molecule has 1 aliphatic carbocycles. The second kappa shape index (κ2) is 6.18. The summed E-state index contributed by atoms with van der Waals surface area (Å²) in [7, 11) is 0. The Morgan fingerprint density at radius 2 is 2.24 bits per heavy atom. The summed E-state index contributed by atoms with van der Waals surface area (Å²) in [6.45, 7) is 8.79. The molecular formula is C16H27N3O2. The Morgan fingerprint density at radius 3 is 2.86 bits per heavy atom. The number of carbonyl (C=O) groups is 1. The van der Waals surface area contributed by atoms with Crippen molar-refractivity contribution in [3.8, 4) is 0 Å². The highest BCUT2D eigenvalue weighted by atomic mass is 16.4. The largest absolute Gasteiger partial charge is 0.444 e. The van der Waals surface area contributed by atoms with Gasteiger partial charge in [-0.3, -0.25) is 4.79 Å². The maximum atomic E-state index is 12.5. The van der Waals surface area contributed by atoms with Crippen molar-refractivity contribution in [2.45, 2.75) is 59.5 Å². The molecule has 5 heteroatoms. The molecule has 3 atom stereocenters. The van der Waals surface area contributed by atoms with Crippen LogP contribution in [0, 0.1) is 17.3 Å². The zero-order valence-electron chi connectivity index (χ0n) is 13.5. The van der Waals surface area contributed by atoms with Crippen molar-refractivity contribution in [3.05, 3.63) is 17.8 Å². The molecule has 1 saturated carbocycles. The van der Waals surface area contributed by atoms with Crippen LogP contribution in [0.25, 0.3) is 0 Å². The lowest BCUT2D eigenvalue weighted by Crippen LogP contribution is -2.51. The molecule has 118 valence electrons. The van der Waals surface area contributed by atoms with E-state index >= 15 is 0 Å². The lowest BCUT2D eigenvalue weighted by atomic mass is 9.61. The minimum atomic E-state index is -0.0904. The summed E-state index contributed by atoms with van der Waals surface area (Å²) in [6, 6.07) is 0.183. The molecular weight excluding hydrogens is 266 g/mol. The number of rotatable bonds is 4. The topological polar surface area (TPSA) is 81.2 Å². The Bertz CT molecular complexity index is 495. The first-order chi connectivity index (χ1) is 9.86. The SMILES string of the molecule is CCc1cnc(CNC(=O)C2CCC(N)C(C)C2(C)C)o1. The van der Waals surface area contributed by atoms with Gasteiger partial charge in [0.1, 0.15) is 5.76 Å². The summed E-state index contributed by atoms with van der Waals surface area (Å²) in [5, 5.41) is 2.96. The van der Waals surface area contributed by atoms with Gasteiger partial charge in [0.05, 0.1) is 12.7 Å². The summed E-state index contributed by atoms with van der Waals surface area (Å²) in [4.78, 5) is 16.7. The second-order valence-electron chi connectivity index (χ2n) is 6.70. The van der Waals surface area contributed by atoms with Crippen molar-refractivity contribution < 1.29 is 9.21 Å². The Balaban J connectivity index is 1.96. The maximum Gasteiger partial charge on any atom is 0.224 e. The van der Waals surface area contributed by atoms with Gasteiger partial charge in [-0.25, -0.2) is 4.98 Å². The van der Waals surface area contributed by atoms with Gasteiger partial charge >= 0.3 is 0 Å². The van der Waals surface area contributed by atoms with Gasteiger partial charge in [-0.15, -0.1) is 0 Å². The number of nitrogens with zero attached hydrogens (tertiary/aromatic N) is 1. The van der Waals surface area contributed by atoms with Crippen LogP contribution in [-0.4, -0.2) is 16.9 Å². The first-order valence-electron chi connectivity index (χ1n) is 7.83. The molecule has 3 unspecified atom stereocenters. The molecule has 0 aromatic carbocycles. The van der Waals surface area contributed by atoms with Crippen molar-refractivity contribution in [2.75, 3.05) is 0 Å². The fraction of sp³-hybridized carbons (Fsp3) is 0.750. The van der Waals surface area contributed by atoms with E-state index in [2.05, 4.69) is 31.1 Å². The van der Waals surface area contributed by atoms with Crippen LogP contribution < -0.4 is 11.1 Å². The lowest BCUT2D eigenvalue weighted by Gasteiger charge is -2.45. The van der Waals surface area contributed by atoms with Gasteiger partial charge in [-0.1, -0.05) is 27.7 Å². The molecule has 1 aromatic heterocycles. The Kier molecular flexibility index (Phi) is 4.71. The van der Waals surface area contributed by atoms with E-state index in [4.69, 9.17) is 10.2 Å². The summed E-state index contributed by atoms with van der Waals surface area (Å²) >= 11 is 0. The third-order valence-corrected chi connectivity index (χ3v) is 5.18. The van der Waals surface area contributed by atoms with E-state index in [9.17, 15) is 4.79 Å². The fourth-order valence-electron chi connectivity index (χ4n) is 3.20. The van der Waals surface area contributed by atoms with Crippen LogP contribution in [0.4, 0.5) is 0 Å². The van der Waals surface area contributed by atoms with Crippen LogP contribution >= 0.6 is 0 Å². The second-order valence-corrected chi connectivity index (χ2v) is 6.70. The smallest absolute Gasteiger partial charge is 0.224 e. The van der Waals surface area contributed by atoms with Gasteiger partial charge in [0, 0.05) is 18.4 Å². The molecule has 1 amide bonds. The predicted molar refractivity (Wildman–Crippen MR) is 81.4 cm³/mol. The Labute approximate surface area is 126 Å². The van der Waals surface area contributed by atoms with Crippen molar-refractivity contribution >= 4 is 5.91 Å². The van der Waals surface area contributed by atoms with Gasteiger partial charge in [0.2, 0.25) is 11.8 Å². The molecule has 1 aromatic rings. The minimum Gasteiger partial charge on any atom is -0.444 e. The average molecular weight is 293 g/mol. The zero-order chi connectivity index (χ0) is 15.6. The van der Waals surface area contributed by atoms with Crippen LogP contribution in [0.15, 0.2) is 10.6 Å². The summed E-state index contributed by atoms with van der Waals surface area (Å²) < 4.78 is 5.51. The monoisotopic (exact) mass is 293 g/mol. The number of nitrogens with two attached hydrogens (primary N) is 1. The number of aromatic nitrogens is 1. The molecule has 0 bridgehead atoms. The van der Waals surface area contributed by atoms with Crippen LogP contribution in [0.5, 0.6) is 0 Å². The Morgan fingerprint density at radius 1 is 1.52 bits per heavy atom. The molecule has 1 aliphatic rings. The number of hydrogen-bond donors (Lipinski definition) is 2. The number of aryl methyl sites for hydroxylation is 1. The van der Waals surface area contributed by atoms with Crippen LogP contribution in [-0.2, 0) is 17.8 Å². The summed E-state index contributed by atoms with van der Waals surface area (Å²) in [5.41, 5.74) is 6.05. The van der Waals surface area contributed by atoms with Crippen LogP contribution in [0.3, 0.4) is 0 Å². The quantitative estimate of drug-likeness (QED) is 0.892. The molecule has 1 heterocycles. The van der Waals surface area contributed by atoms with E-state index in [0.29, 0.717) is 18.4 Å². The van der Waals surface area contributed by atoms with Crippen LogP contribution in [0.1, 0.15) is 52.2 Å². The van der Waals surface area contributed by atoms with Gasteiger partial charge < -0.3 is 15.5 Å². The van der Waals surface area contributed by atoms with Crippen molar-refractivity contribution in [3.63, 3.8) is 0 Å². The molecule has 0 saturated heterocycles. The maximum absolute atomic E-state index is 12.5. The Hall–Kier alpha value is -1.36. The van der Waals surface area contributed by atoms with Crippen molar-refractivity contribution in [1.82, 2.24) is 10.3 Å². The standard InChI is InChI=1S/C16H27N3O2/c1-5-11-8-18-14(21-11)9-19-15(20)12-6-7-13(17)10(2)16(12,3)4/h8,10,12-13H,5-7,9,17H2,1-4H3,(H,19,20). The molecule has 1 fully saturated rings. The number of amides is 1. The van der Waals surface area contributed by atoms with E-state index in [1.165, 1.54) is 0 Å². The third kappa shape index (κ3) is 3.28. The van der Waals surface area contributed by atoms with Gasteiger partial charge in [-0.2, -0.15) is 0 Å². The van der Waals surface area contributed by atoms with E-state index in [0.717, 1.165) is 25.0 Å². The molecule has 0 spiro atoms. The summed E-state index contributed by atoms with van der Waals surface area (Å²) in [5.74, 6) is 1.81. The highest BCUT2D eigenvalue weighted by molar-refractivity contribution is 5.79.